The van der Waals surface area contributed by atoms with Crippen molar-refractivity contribution in [2.75, 3.05) is 6.54 Å². The van der Waals surface area contributed by atoms with Crippen molar-refractivity contribution in [1.82, 2.24) is 24.9 Å². The molecule has 0 saturated heterocycles. The minimum absolute atomic E-state index is 0.227. The van der Waals surface area contributed by atoms with Gasteiger partial charge in [-0.2, -0.15) is 10.2 Å². The Hall–Kier alpha value is -1.79. The number of aromatic nitrogens is 4. The van der Waals surface area contributed by atoms with Crippen molar-refractivity contribution in [3.63, 3.8) is 0 Å². The highest BCUT2D eigenvalue weighted by Crippen LogP contribution is 2.19. The molecule has 1 N–H and O–H groups in total. The van der Waals surface area contributed by atoms with Gasteiger partial charge >= 0.3 is 0 Å². The Morgan fingerprint density at radius 3 is 3.11 bits per heavy atom. The van der Waals surface area contributed by atoms with Gasteiger partial charge in [0.05, 0.1) is 11.9 Å². The van der Waals surface area contributed by atoms with Gasteiger partial charge in [0.15, 0.2) is 4.96 Å². The number of nitrogens with one attached hydrogen (secondary N) is 1. The van der Waals surface area contributed by atoms with E-state index in [1.165, 1.54) is 0 Å². The van der Waals surface area contributed by atoms with Crippen molar-refractivity contribution >= 4 is 16.3 Å². The Balaban J connectivity index is 1.83. The van der Waals surface area contributed by atoms with E-state index in [1.807, 2.05) is 23.8 Å². The second-order valence-corrected chi connectivity index (χ2v) is 5.19. The van der Waals surface area contributed by atoms with Gasteiger partial charge in [-0.25, -0.2) is 4.98 Å². The summed E-state index contributed by atoms with van der Waals surface area (Å²) in [5.41, 5.74) is 2.24. The predicted molar refractivity (Wildman–Crippen MR) is 75.2 cm³/mol. The van der Waals surface area contributed by atoms with Crippen molar-refractivity contribution < 1.29 is 0 Å². The average Bonchev–Trinajstić information content (AvgIpc) is 3.00. The normalized spacial score (nSPS) is 12.9. The molecule has 1 atom stereocenters. The Morgan fingerprint density at radius 2 is 2.37 bits per heavy atom. The highest BCUT2D eigenvalue weighted by atomic mass is 32.1. The maximum Gasteiger partial charge on any atom is 0.193 e. The van der Waals surface area contributed by atoms with E-state index < -0.39 is 0 Å². The molecule has 0 aromatic carbocycles. The molecular weight excluding hydrogens is 258 g/mol. The quantitative estimate of drug-likeness (QED) is 0.773. The van der Waals surface area contributed by atoms with Crippen molar-refractivity contribution in [1.29, 1.82) is 0 Å². The lowest BCUT2D eigenvalue weighted by molar-refractivity contribution is 0.542. The molecule has 0 fully saturated rings. The summed E-state index contributed by atoms with van der Waals surface area (Å²) < 4.78 is 2.06. The number of imidazole rings is 1. The van der Waals surface area contributed by atoms with Gasteiger partial charge in [-0.3, -0.25) is 4.40 Å². The van der Waals surface area contributed by atoms with Crippen LogP contribution in [0.4, 0.5) is 0 Å². The third-order valence-corrected chi connectivity index (χ3v) is 3.79. The Labute approximate surface area is 115 Å². The van der Waals surface area contributed by atoms with E-state index in [0.29, 0.717) is 0 Å². The van der Waals surface area contributed by atoms with Crippen LogP contribution in [0, 0.1) is 0 Å². The van der Waals surface area contributed by atoms with Crippen LogP contribution in [-0.2, 0) is 6.42 Å². The van der Waals surface area contributed by atoms with Gasteiger partial charge in [0.25, 0.3) is 0 Å². The zero-order valence-electron chi connectivity index (χ0n) is 10.7. The third-order valence-electron chi connectivity index (χ3n) is 3.02. The fourth-order valence-corrected chi connectivity index (χ4v) is 2.86. The molecule has 5 nitrogen and oxygen atoms in total. The van der Waals surface area contributed by atoms with E-state index in [4.69, 9.17) is 0 Å². The van der Waals surface area contributed by atoms with Crippen molar-refractivity contribution in [3.8, 4) is 0 Å². The molecule has 98 valence electrons. The molecule has 0 saturated carbocycles. The van der Waals surface area contributed by atoms with Gasteiger partial charge in [0.2, 0.25) is 0 Å². The van der Waals surface area contributed by atoms with Crippen molar-refractivity contribution in [2.24, 2.45) is 0 Å². The SMILES string of the molecule is CCNC(Cc1cn2ccsc2n1)c1ccnnc1. The Kier molecular flexibility index (Phi) is 3.52. The van der Waals surface area contributed by atoms with Gasteiger partial charge in [-0.15, -0.1) is 11.3 Å². The maximum absolute atomic E-state index is 4.63. The summed E-state index contributed by atoms with van der Waals surface area (Å²) in [7, 11) is 0. The first-order valence-corrected chi connectivity index (χ1v) is 7.16. The molecule has 3 aromatic rings. The van der Waals surface area contributed by atoms with E-state index in [-0.39, 0.29) is 6.04 Å². The molecule has 0 amide bonds. The molecular formula is C13H15N5S. The minimum Gasteiger partial charge on any atom is -0.310 e. The fourth-order valence-electron chi connectivity index (χ4n) is 2.14. The molecule has 0 radical (unpaired) electrons. The number of likely N-dealkylation sites (N-methyl/N-ethyl adjacent to an activating group) is 1. The lowest BCUT2D eigenvalue weighted by Gasteiger charge is -2.16. The van der Waals surface area contributed by atoms with Crippen molar-refractivity contribution in [3.05, 3.63) is 47.5 Å². The van der Waals surface area contributed by atoms with Crippen LogP contribution < -0.4 is 5.32 Å². The average molecular weight is 273 g/mol. The first-order valence-electron chi connectivity index (χ1n) is 6.28. The Bertz CT molecular complexity index is 617. The van der Waals surface area contributed by atoms with Crippen LogP contribution >= 0.6 is 11.3 Å². The van der Waals surface area contributed by atoms with E-state index in [0.717, 1.165) is 29.2 Å². The molecule has 3 aromatic heterocycles. The summed E-state index contributed by atoms with van der Waals surface area (Å²) in [6.45, 7) is 3.02. The first-order chi connectivity index (χ1) is 9.36. The smallest absolute Gasteiger partial charge is 0.193 e. The molecule has 1 unspecified atom stereocenters. The molecule has 0 bridgehead atoms. The zero-order chi connectivity index (χ0) is 13.1. The van der Waals surface area contributed by atoms with E-state index in [2.05, 4.69) is 38.0 Å². The van der Waals surface area contributed by atoms with Crippen LogP contribution in [0.3, 0.4) is 0 Å². The molecule has 6 heteroatoms. The zero-order valence-corrected chi connectivity index (χ0v) is 11.5. The summed E-state index contributed by atoms with van der Waals surface area (Å²) in [4.78, 5) is 5.67. The molecule has 0 aliphatic heterocycles. The standard InChI is InChI=1S/C13H15N5S/c1-2-14-12(10-3-4-15-16-8-10)7-11-9-18-5-6-19-13(18)17-11/h3-6,8-9,12,14H,2,7H2,1H3. The topological polar surface area (TPSA) is 55.1 Å². The van der Waals surface area contributed by atoms with Gasteiger partial charge in [0, 0.05) is 36.4 Å². The van der Waals surface area contributed by atoms with Crippen molar-refractivity contribution in [2.45, 2.75) is 19.4 Å². The highest BCUT2D eigenvalue weighted by Gasteiger charge is 2.13. The third kappa shape index (κ3) is 2.64. The van der Waals surface area contributed by atoms with Gasteiger partial charge < -0.3 is 5.32 Å². The number of fused-ring (bicyclic) bond motifs is 1. The summed E-state index contributed by atoms with van der Waals surface area (Å²) in [5, 5.41) is 13.3. The highest BCUT2D eigenvalue weighted by molar-refractivity contribution is 7.15. The number of nitrogens with zero attached hydrogens (tertiary/aromatic N) is 4. The van der Waals surface area contributed by atoms with Crippen LogP contribution in [0.1, 0.15) is 24.2 Å². The summed E-state index contributed by atoms with van der Waals surface area (Å²) in [6.07, 6.45) is 8.52. The van der Waals surface area contributed by atoms with Crippen LogP contribution in [0.25, 0.3) is 4.96 Å². The minimum atomic E-state index is 0.227. The molecule has 0 aliphatic rings. The molecule has 3 heterocycles. The summed E-state index contributed by atoms with van der Waals surface area (Å²) in [6, 6.07) is 2.23. The van der Waals surface area contributed by atoms with E-state index in [1.54, 1.807) is 17.5 Å². The molecule has 19 heavy (non-hydrogen) atoms. The lowest BCUT2D eigenvalue weighted by Crippen LogP contribution is -2.23. The number of hydrogen-bond donors (Lipinski definition) is 1. The monoisotopic (exact) mass is 273 g/mol. The molecule has 0 spiro atoms. The number of thiazole rings is 1. The second kappa shape index (κ2) is 5.46. The fraction of sp³-hybridized carbons (Fsp3) is 0.308. The van der Waals surface area contributed by atoms with Gasteiger partial charge in [0.1, 0.15) is 0 Å². The van der Waals surface area contributed by atoms with Crippen LogP contribution in [0.2, 0.25) is 0 Å². The summed E-state index contributed by atoms with van der Waals surface area (Å²) in [5.74, 6) is 0. The Morgan fingerprint density at radius 1 is 1.42 bits per heavy atom. The maximum atomic E-state index is 4.63. The summed E-state index contributed by atoms with van der Waals surface area (Å²) >= 11 is 1.65. The van der Waals surface area contributed by atoms with Gasteiger partial charge in [-0.05, 0) is 18.2 Å². The second-order valence-electron chi connectivity index (χ2n) is 4.32. The van der Waals surface area contributed by atoms with Crippen LogP contribution in [0.5, 0.6) is 0 Å². The number of hydrogen-bond acceptors (Lipinski definition) is 5. The van der Waals surface area contributed by atoms with Crippen LogP contribution in [-0.4, -0.2) is 26.1 Å². The van der Waals surface area contributed by atoms with E-state index in [9.17, 15) is 0 Å². The van der Waals surface area contributed by atoms with E-state index >= 15 is 0 Å². The largest absolute Gasteiger partial charge is 0.310 e. The number of rotatable bonds is 5. The van der Waals surface area contributed by atoms with Crippen LogP contribution in [0.15, 0.2) is 36.2 Å². The molecule has 0 aliphatic carbocycles. The predicted octanol–water partition coefficient (Wildman–Crippen LogP) is 2.08. The van der Waals surface area contributed by atoms with Gasteiger partial charge in [-0.1, -0.05) is 6.92 Å². The molecule has 3 rings (SSSR count). The first kappa shape index (κ1) is 12.3. The lowest BCUT2D eigenvalue weighted by atomic mass is 10.0.